The van der Waals surface area contributed by atoms with E-state index in [1.807, 2.05) is 18.7 Å². The van der Waals surface area contributed by atoms with Crippen LogP contribution in [0.25, 0.3) is 0 Å². The van der Waals surface area contributed by atoms with E-state index in [0.717, 1.165) is 15.9 Å². The molecule has 2 aromatic rings. The molecule has 0 fully saturated rings. The Labute approximate surface area is 135 Å². The molecule has 21 heavy (non-hydrogen) atoms. The van der Waals surface area contributed by atoms with E-state index in [1.54, 1.807) is 11.3 Å². The van der Waals surface area contributed by atoms with Gasteiger partial charge in [0.2, 0.25) is 0 Å². The minimum atomic E-state index is 0.324. The topological polar surface area (TPSA) is 37.8 Å². The predicted octanol–water partition coefficient (Wildman–Crippen LogP) is 4.31. The highest BCUT2D eigenvalue weighted by Crippen LogP contribution is 2.37. The standard InChI is InChI=1S/C16H23N3S2/c1-5-17-14(13-9-7-6-8-10-13)15(11(2)3)21-16-19-18-12(4)20-16/h6-11,14-15,17H,5H2,1-4H3. The quantitative estimate of drug-likeness (QED) is 0.771. The zero-order valence-corrected chi connectivity index (χ0v) is 14.7. The van der Waals surface area contributed by atoms with Crippen molar-refractivity contribution in [2.75, 3.05) is 6.54 Å². The van der Waals surface area contributed by atoms with Gasteiger partial charge in [-0.3, -0.25) is 0 Å². The normalized spacial score (nSPS) is 14.3. The molecule has 0 radical (unpaired) electrons. The SMILES string of the molecule is CCNC(c1ccccc1)C(Sc1nnc(C)s1)C(C)C. The lowest BCUT2D eigenvalue weighted by atomic mass is 9.96. The van der Waals surface area contributed by atoms with Crippen molar-refractivity contribution in [3.05, 3.63) is 40.9 Å². The largest absolute Gasteiger partial charge is 0.309 e. The summed E-state index contributed by atoms with van der Waals surface area (Å²) < 4.78 is 1.06. The minimum absolute atomic E-state index is 0.324. The molecule has 1 heterocycles. The van der Waals surface area contributed by atoms with Crippen LogP contribution in [0, 0.1) is 12.8 Å². The molecular formula is C16H23N3S2. The third-order valence-corrected chi connectivity index (χ3v) is 5.86. The summed E-state index contributed by atoms with van der Waals surface area (Å²) in [7, 11) is 0. The second-order valence-corrected chi connectivity index (χ2v) is 7.97. The molecule has 1 N–H and O–H groups in total. The van der Waals surface area contributed by atoms with E-state index in [9.17, 15) is 0 Å². The Morgan fingerprint density at radius 3 is 2.43 bits per heavy atom. The third kappa shape index (κ3) is 4.53. The molecule has 5 heteroatoms. The van der Waals surface area contributed by atoms with Crippen LogP contribution in [0.15, 0.2) is 34.7 Å². The monoisotopic (exact) mass is 321 g/mol. The van der Waals surface area contributed by atoms with Gasteiger partial charge in [0, 0.05) is 11.3 Å². The Bertz CT molecular complexity index is 539. The Kier molecular flexibility index (Phi) is 6.21. The van der Waals surface area contributed by atoms with Gasteiger partial charge >= 0.3 is 0 Å². The van der Waals surface area contributed by atoms with E-state index in [0.29, 0.717) is 17.2 Å². The van der Waals surface area contributed by atoms with Crippen molar-refractivity contribution < 1.29 is 0 Å². The van der Waals surface area contributed by atoms with Gasteiger partial charge in [-0.1, -0.05) is 74.2 Å². The van der Waals surface area contributed by atoms with Gasteiger partial charge in [0.05, 0.1) is 0 Å². The number of thioether (sulfide) groups is 1. The summed E-state index contributed by atoms with van der Waals surface area (Å²) in [5.41, 5.74) is 1.34. The van der Waals surface area contributed by atoms with Gasteiger partial charge in [0.15, 0.2) is 4.34 Å². The van der Waals surface area contributed by atoms with Crippen LogP contribution in [-0.2, 0) is 0 Å². The average molecular weight is 322 g/mol. The molecule has 0 spiro atoms. The number of hydrogen-bond donors (Lipinski definition) is 1. The molecule has 1 aromatic heterocycles. The third-order valence-electron chi connectivity index (χ3n) is 3.31. The molecule has 1 aromatic carbocycles. The maximum Gasteiger partial charge on any atom is 0.174 e. The molecule has 0 saturated carbocycles. The summed E-state index contributed by atoms with van der Waals surface area (Å²) in [6, 6.07) is 11.0. The van der Waals surface area contributed by atoms with Crippen molar-refractivity contribution in [2.45, 2.75) is 43.3 Å². The summed E-state index contributed by atoms with van der Waals surface area (Å²) >= 11 is 3.52. The number of hydrogen-bond acceptors (Lipinski definition) is 5. The first-order valence-electron chi connectivity index (χ1n) is 7.37. The van der Waals surface area contributed by atoms with Crippen molar-refractivity contribution in [1.29, 1.82) is 0 Å². The van der Waals surface area contributed by atoms with E-state index in [1.165, 1.54) is 5.56 Å². The van der Waals surface area contributed by atoms with Crippen LogP contribution >= 0.6 is 23.1 Å². The van der Waals surface area contributed by atoms with Crippen molar-refractivity contribution >= 4 is 23.1 Å². The van der Waals surface area contributed by atoms with E-state index in [-0.39, 0.29) is 0 Å². The summed E-state index contributed by atoms with van der Waals surface area (Å²) in [6.07, 6.45) is 0. The van der Waals surface area contributed by atoms with Crippen molar-refractivity contribution in [3.63, 3.8) is 0 Å². The number of rotatable bonds is 7. The lowest BCUT2D eigenvalue weighted by Crippen LogP contribution is -2.33. The summed E-state index contributed by atoms with van der Waals surface area (Å²) in [5, 5.41) is 13.5. The Balaban J connectivity index is 2.24. The molecule has 2 rings (SSSR count). The van der Waals surface area contributed by atoms with Gasteiger partial charge in [-0.15, -0.1) is 10.2 Å². The number of benzene rings is 1. The Morgan fingerprint density at radius 2 is 1.90 bits per heavy atom. The smallest absolute Gasteiger partial charge is 0.174 e. The molecule has 0 aliphatic heterocycles. The average Bonchev–Trinajstić information content (AvgIpc) is 2.89. The van der Waals surface area contributed by atoms with Crippen LogP contribution < -0.4 is 5.32 Å². The Morgan fingerprint density at radius 1 is 1.19 bits per heavy atom. The van der Waals surface area contributed by atoms with Gasteiger partial charge in [-0.05, 0) is 24.9 Å². The first kappa shape index (κ1) is 16.5. The predicted molar refractivity (Wildman–Crippen MR) is 92.0 cm³/mol. The molecule has 3 nitrogen and oxygen atoms in total. The van der Waals surface area contributed by atoms with Crippen molar-refractivity contribution in [1.82, 2.24) is 15.5 Å². The van der Waals surface area contributed by atoms with Crippen molar-refractivity contribution in [3.8, 4) is 0 Å². The first-order valence-corrected chi connectivity index (χ1v) is 9.06. The van der Waals surface area contributed by atoms with E-state index < -0.39 is 0 Å². The number of nitrogens with zero attached hydrogens (tertiary/aromatic N) is 2. The number of aryl methyl sites for hydroxylation is 1. The zero-order valence-electron chi connectivity index (χ0n) is 13.0. The minimum Gasteiger partial charge on any atom is -0.309 e. The second-order valence-electron chi connectivity index (χ2n) is 5.36. The zero-order chi connectivity index (χ0) is 15.2. The van der Waals surface area contributed by atoms with Gasteiger partial charge in [-0.2, -0.15) is 0 Å². The highest BCUT2D eigenvalue weighted by molar-refractivity contribution is 8.01. The molecule has 0 aliphatic carbocycles. The highest BCUT2D eigenvalue weighted by atomic mass is 32.2. The van der Waals surface area contributed by atoms with Crippen LogP contribution in [0.2, 0.25) is 0 Å². The van der Waals surface area contributed by atoms with E-state index in [2.05, 4.69) is 66.6 Å². The molecule has 0 amide bonds. The van der Waals surface area contributed by atoms with Crippen LogP contribution in [0.4, 0.5) is 0 Å². The molecule has 114 valence electrons. The number of nitrogens with one attached hydrogen (secondary N) is 1. The van der Waals surface area contributed by atoms with E-state index >= 15 is 0 Å². The molecule has 0 saturated heterocycles. The molecule has 2 atom stereocenters. The second kappa shape index (κ2) is 7.92. The highest BCUT2D eigenvalue weighted by Gasteiger charge is 2.27. The van der Waals surface area contributed by atoms with Gasteiger partial charge < -0.3 is 5.32 Å². The van der Waals surface area contributed by atoms with Crippen LogP contribution in [0.3, 0.4) is 0 Å². The summed E-state index contributed by atoms with van der Waals surface area (Å²) in [4.78, 5) is 0. The fourth-order valence-electron chi connectivity index (χ4n) is 2.34. The lowest BCUT2D eigenvalue weighted by molar-refractivity contribution is 0.453. The molecule has 0 bridgehead atoms. The molecular weight excluding hydrogens is 298 g/mol. The lowest BCUT2D eigenvalue weighted by Gasteiger charge is -2.30. The maximum atomic E-state index is 4.28. The summed E-state index contributed by atoms with van der Waals surface area (Å²) in [5.74, 6) is 0.545. The molecule has 0 aliphatic rings. The van der Waals surface area contributed by atoms with Crippen LogP contribution in [0.5, 0.6) is 0 Å². The molecule has 2 unspecified atom stereocenters. The van der Waals surface area contributed by atoms with Crippen LogP contribution in [-0.4, -0.2) is 22.0 Å². The summed E-state index contributed by atoms with van der Waals surface area (Å²) in [6.45, 7) is 9.67. The maximum absolute atomic E-state index is 4.28. The number of aromatic nitrogens is 2. The first-order chi connectivity index (χ1) is 10.1. The van der Waals surface area contributed by atoms with Gasteiger partial charge in [-0.25, -0.2) is 0 Å². The van der Waals surface area contributed by atoms with E-state index in [4.69, 9.17) is 0 Å². The fourth-order valence-corrected chi connectivity index (χ4v) is 4.62. The van der Waals surface area contributed by atoms with Gasteiger partial charge in [0.1, 0.15) is 5.01 Å². The Hall–Kier alpha value is -0.910. The van der Waals surface area contributed by atoms with Crippen LogP contribution in [0.1, 0.15) is 37.4 Å². The van der Waals surface area contributed by atoms with Gasteiger partial charge in [0.25, 0.3) is 0 Å². The van der Waals surface area contributed by atoms with Crippen molar-refractivity contribution in [2.24, 2.45) is 5.92 Å². The fraction of sp³-hybridized carbons (Fsp3) is 0.500.